The zero-order chi connectivity index (χ0) is 13.3. The highest BCUT2D eigenvalue weighted by Crippen LogP contribution is 2.24. The van der Waals surface area contributed by atoms with Gasteiger partial charge >= 0.3 is 0 Å². The Morgan fingerprint density at radius 2 is 1.89 bits per heavy atom. The minimum atomic E-state index is -0.528. The lowest BCUT2D eigenvalue weighted by Crippen LogP contribution is -2.04. The predicted octanol–water partition coefficient (Wildman–Crippen LogP) is 2.97. The van der Waals surface area contributed by atoms with E-state index in [-0.39, 0.29) is 0 Å². The molecule has 0 spiro atoms. The maximum Gasteiger partial charge on any atom is 0.0866 e. The predicted molar refractivity (Wildman–Crippen MR) is 72.8 cm³/mol. The Kier molecular flexibility index (Phi) is 3.73. The Hall–Kier alpha value is -1.32. The van der Waals surface area contributed by atoms with Crippen LogP contribution in [0.4, 0.5) is 0 Å². The van der Waals surface area contributed by atoms with Crippen LogP contribution < -0.4 is 0 Å². The van der Waals surface area contributed by atoms with Gasteiger partial charge in [0, 0.05) is 29.7 Å². The van der Waals surface area contributed by atoms with Crippen LogP contribution in [0.1, 0.15) is 28.6 Å². The molecule has 0 aliphatic carbocycles. The highest BCUT2D eigenvalue weighted by atomic mass is 35.5. The van der Waals surface area contributed by atoms with Gasteiger partial charge < -0.3 is 5.11 Å². The third kappa shape index (κ3) is 2.57. The van der Waals surface area contributed by atoms with Crippen LogP contribution in [-0.4, -0.2) is 14.9 Å². The minimum Gasteiger partial charge on any atom is -0.388 e. The van der Waals surface area contributed by atoms with Crippen molar-refractivity contribution < 1.29 is 5.11 Å². The topological polar surface area (TPSA) is 38.0 Å². The van der Waals surface area contributed by atoms with E-state index in [1.807, 2.05) is 45.2 Å². The highest BCUT2D eigenvalue weighted by Gasteiger charge is 2.18. The standard InChI is InChI=1S/C14H17ClN2O/c1-9-14(10(2)17(3)16-9)13(18)8-11-4-6-12(15)7-5-11/h4-7,13,18H,8H2,1-3H3. The largest absolute Gasteiger partial charge is 0.388 e. The third-order valence-corrected chi connectivity index (χ3v) is 3.49. The molecule has 1 heterocycles. The van der Waals surface area contributed by atoms with Crippen LogP contribution in [-0.2, 0) is 13.5 Å². The van der Waals surface area contributed by atoms with Crippen molar-refractivity contribution in [1.82, 2.24) is 9.78 Å². The molecule has 1 N–H and O–H groups in total. The second kappa shape index (κ2) is 5.12. The second-order valence-electron chi connectivity index (χ2n) is 4.55. The molecule has 1 unspecified atom stereocenters. The number of nitrogens with zero attached hydrogens (tertiary/aromatic N) is 2. The lowest BCUT2D eigenvalue weighted by molar-refractivity contribution is 0.177. The monoisotopic (exact) mass is 264 g/mol. The number of aliphatic hydroxyl groups is 1. The normalized spacial score (nSPS) is 12.7. The van der Waals surface area contributed by atoms with Crippen molar-refractivity contribution in [3.05, 3.63) is 51.8 Å². The van der Waals surface area contributed by atoms with Crippen LogP contribution in [0.3, 0.4) is 0 Å². The van der Waals surface area contributed by atoms with Gasteiger partial charge in [-0.1, -0.05) is 23.7 Å². The average molecular weight is 265 g/mol. The maximum atomic E-state index is 10.3. The van der Waals surface area contributed by atoms with Gasteiger partial charge in [-0.05, 0) is 31.5 Å². The Labute approximate surface area is 112 Å². The summed E-state index contributed by atoms with van der Waals surface area (Å²) in [7, 11) is 1.89. The van der Waals surface area contributed by atoms with Crippen LogP contribution in [0.2, 0.25) is 5.02 Å². The van der Waals surface area contributed by atoms with Gasteiger partial charge in [0.1, 0.15) is 0 Å². The lowest BCUT2D eigenvalue weighted by atomic mass is 10.00. The van der Waals surface area contributed by atoms with E-state index < -0.39 is 6.10 Å². The molecule has 18 heavy (non-hydrogen) atoms. The molecule has 0 bridgehead atoms. The molecule has 1 aromatic carbocycles. The molecule has 0 saturated heterocycles. The second-order valence-corrected chi connectivity index (χ2v) is 4.99. The van der Waals surface area contributed by atoms with E-state index in [1.54, 1.807) is 4.68 Å². The smallest absolute Gasteiger partial charge is 0.0866 e. The van der Waals surface area contributed by atoms with Crippen molar-refractivity contribution in [3.63, 3.8) is 0 Å². The Morgan fingerprint density at radius 3 is 2.39 bits per heavy atom. The van der Waals surface area contributed by atoms with Crippen molar-refractivity contribution >= 4 is 11.6 Å². The molecule has 4 heteroatoms. The molecule has 0 radical (unpaired) electrons. The zero-order valence-corrected chi connectivity index (χ0v) is 11.6. The van der Waals surface area contributed by atoms with Gasteiger partial charge in [-0.2, -0.15) is 5.10 Å². The van der Waals surface area contributed by atoms with Crippen molar-refractivity contribution in [1.29, 1.82) is 0 Å². The summed E-state index contributed by atoms with van der Waals surface area (Å²) in [6, 6.07) is 7.55. The summed E-state index contributed by atoms with van der Waals surface area (Å²) >= 11 is 5.84. The molecular weight excluding hydrogens is 248 g/mol. The molecule has 0 saturated carbocycles. The van der Waals surface area contributed by atoms with Crippen LogP contribution in [0.15, 0.2) is 24.3 Å². The number of aliphatic hydroxyl groups excluding tert-OH is 1. The van der Waals surface area contributed by atoms with E-state index in [0.717, 1.165) is 22.5 Å². The van der Waals surface area contributed by atoms with Gasteiger partial charge in [-0.15, -0.1) is 0 Å². The molecule has 2 aromatic rings. The van der Waals surface area contributed by atoms with Crippen LogP contribution >= 0.6 is 11.6 Å². The molecule has 1 aromatic heterocycles. The van der Waals surface area contributed by atoms with E-state index in [0.29, 0.717) is 11.4 Å². The number of aryl methyl sites for hydroxylation is 2. The summed E-state index contributed by atoms with van der Waals surface area (Å²) in [6.07, 6.45) is 0.0461. The number of rotatable bonds is 3. The van der Waals surface area contributed by atoms with Gasteiger partial charge in [0.2, 0.25) is 0 Å². The van der Waals surface area contributed by atoms with E-state index in [2.05, 4.69) is 5.10 Å². The van der Waals surface area contributed by atoms with Gasteiger partial charge in [0.05, 0.1) is 11.8 Å². The summed E-state index contributed by atoms with van der Waals surface area (Å²) in [6.45, 7) is 3.90. The first-order chi connectivity index (χ1) is 8.49. The average Bonchev–Trinajstić information content (AvgIpc) is 2.56. The third-order valence-electron chi connectivity index (χ3n) is 3.24. The van der Waals surface area contributed by atoms with Crippen molar-refractivity contribution in [2.45, 2.75) is 26.4 Å². The number of aromatic nitrogens is 2. The number of hydrogen-bond donors (Lipinski definition) is 1. The Balaban J connectivity index is 2.21. The van der Waals surface area contributed by atoms with Crippen LogP contribution in [0.5, 0.6) is 0 Å². The molecule has 2 rings (SSSR count). The quantitative estimate of drug-likeness (QED) is 0.926. The molecule has 0 amide bonds. The number of halogens is 1. The van der Waals surface area contributed by atoms with Crippen molar-refractivity contribution in [3.8, 4) is 0 Å². The Bertz CT molecular complexity index is 546. The first-order valence-electron chi connectivity index (χ1n) is 5.91. The summed E-state index contributed by atoms with van der Waals surface area (Å²) < 4.78 is 1.80. The number of benzene rings is 1. The van der Waals surface area contributed by atoms with E-state index >= 15 is 0 Å². The molecular formula is C14H17ClN2O. The summed E-state index contributed by atoms with van der Waals surface area (Å²) in [5.41, 5.74) is 3.88. The first kappa shape index (κ1) is 13.1. The van der Waals surface area contributed by atoms with Crippen LogP contribution in [0, 0.1) is 13.8 Å². The maximum absolute atomic E-state index is 10.3. The fourth-order valence-electron chi connectivity index (χ4n) is 2.22. The Morgan fingerprint density at radius 1 is 1.28 bits per heavy atom. The highest BCUT2D eigenvalue weighted by molar-refractivity contribution is 6.30. The van der Waals surface area contributed by atoms with Gasteiger partial charge in [0.15, 0.2) is 0 Å². The van der Waals surface area contributed by atoms with Gasteiger partial charge in [-0.3, -0.25) is 4.68 Å². The van der Waals surface area contributed by atoms with Crippen molar-refractivity contribution in [2.24, 2.45) is 7.05 Å². The molecule has 0 aliphatic heterocycles. The molecule has 3 nitrogen and oxygen atoms in total. The summed E-state index contributed by atoms with van der Waals surface area (Å²) in [5.74, 6) is 0. The van der Waals surface area contributed by atoms with Gasteiger partial charge in [0.25, 0.3) is 0 Å². The van der Waals surface area contributed by atoms with Crippen molar-refractivity contribution in [2.75, 3.05) is 0 Å². The zero-order valence-electron chi connectivity index (χ0n) is 10.8. The first-order valence-corrected chi connectivity index (χ1v) is 6.29. The summed E-state index contributed by atoms with van der Waals surface area (Å²) in [5, 5.41) is 15.4. The fourth-order valence-corrected chi connectivity index (χ4v) is 2.34. The minimum absolute atomic E-state index is 0.528. The van der Waals surface area contributed by atoms with E-state index in [4.69, 9.17) is 11.6 Å². The molecule has 96 valence electrons. The molecule has 0 aliphatic rings. The SMILES string of the molecule is Cc1nn(C)c(C)c1C(O)Cc1ccc(Cl)cc1. The number of hydrogen-bond acceptors (Lipinski definition) is 2. The van der Waals surface area contributed by atoms with E-state index in [1.165, 1.54) is 0 Å². The van der Waals surface area contributed by atoms with E-state index in [9.17, 15) is 5.11 Å². The molecule has 0 fully saturated rings. The summed E-state index contributed by atoms with van der Waals surface area (Å²) in [4.78, 5) is 0. The molecule has 1 atom stereocenters. The van der Waals surface area contributed by atoms with Gasteiger partial charge in [-0.25, -0.2) is 0 Å². The fraction of sp³-hybridized carbons (Fsp3) is 0.357. The van der Waals surface area contributed by atoms with Crippen LogP contribution in [0.25, 0.3) is 0 Å². The lowest BCUT2D eigenvalue weighted by Gasteiger charge is -2.11.